The number of amides is 1. The van der Waals surface area contributed by atoms with Gasteiger partial charge < -0.3 is 14.9 Å². The van der Waals surface area contributed by atoms with Crippen LogP contribution in [0.25, 0.3) is 0 Å². The second kappa shape index (κ2) is 6.95. The van der Waals surface area contributed by atoms with E-state index in [2.05, 4.69) is 33.0 Å². The molecule has 1 saturated heterocycles. The van der Waals surface area contributed by atoms with Crippen molar-refractivity contribution in [2.75, 3.05) is 31.1 Å². The number of anilines is 1. The van der Waals surface area contributed by atoms with Crippen molar-refractivity contribution in [2.24, 2.45) is 0 Å². The second-order valence-electron chi connectivity index (χ2n) is 7.21. The molecule has 26 heavy (non-hydrogen) atoms. The monoisotopic (exact) mass is 414 g/mol. The van der Waals surface area contributed by atoms with Crippen LogP contribution in [0.4, 0.5) is 5.69 Å². The maximum atomic E-state index is 13.3. The van der Waals surface area contributed by atoms with E-state index in [0.717, 1.165) is 48.1 Å². The molecular weight excluding hydrogens is 392 g/mol. The van der Waals surface area contributed by atoms with Crippen LogP contribution in [-0.2, 0) is 10.2 Å². The number of phenolic OH excluding ortho intramolecular Hbond substituents is 1. The molecule has 1 heterocycles. The Labute approximate surface area is 162 Å². The Balaban J connectivity index is 1.48. The molecule has 1 N–H and O–H groups in total. The molecule has 4 nitrogen and oxygen atoms in total. The SMILES string of the molecule is O=C(N1CCN(c2ccccc2O)CC1)C1(c2ccc(Br)cc2)CCC1. The number of halogens is 1. The lowest BCUT2D eigenvalue weighted by molar-refractivity contribution is -0.141. The highest BCUT2D eigenvalue weighted by atomic mass is 79.9. The molecule has 0 radical (unpaired) electrons. The van der Waals surface area contributed by atoms with Crippen molar-refractivity contribution in [2.45, 2.75) is 24.7 Å². The molecular formula is C21H23BrN2O2. The lowest BCUT2D eigenvalue weighted by Crippen LogP contribution is -2.56. The smallest absolute Gasteiger partial charge is 0.233 e. The fourth-order valence-corrected chi connectivity index (χ4v) is 4.37. The van der Waals surface area contributed by atoms with E-state index >= 15 is 0 Å². The molecule has 4 rings (SSSR count). The molecule has 0 spiro atoms. The van der Waals surface area contributed by atoms with Crippen LogP contribution in [0.15, 0.2) is 53.0 Å². The maximum Gasteiger partial charge on any atom is 0.233 e. The van der Waals surface area contributed by atoms with Crippen LogP contribution >= 0.6 is 15.9 Å². The fraction of sp³-hybridized carbons (Fsp3) is 0.381. The average molecular weight is 415 g/mol. The van der Waals surface area contributed by atoms with Crippen molar-refractivity contribution >= 4 is 27.5 Å². The number of piperazine rings is 1. The Bertz CT molecular complexity index is 794. The largest absolute Gasteiger partial charge is 0.506 e. The van der Waals surface area contributed by atoms with E-state index in [0.29, 0.717) is 18.8 Å². The predicted octanol–water partition coefficient (Wildman–Crippen LogP) is 3.93. The van der Waals surface area contributed by atoms with Gasteiger partial charge >= 0.3 is 0 Å². The summed E-state index contributed by atoms with van der Waals surface area (Å²) in [5.74, 6) is 0.570. The number of carbonyl (C=O) groups excluding carboxylic acids is 1. The van der Waals surface area contributed by atoms with Crippen LogP contribution in [0.1, 0.15) is 24.8 Å². The molecule has 5 heteroatoms. The van der Waals surface area contributed by atoms with E-state index in [1.54, 1.807) is 6.07 Å². The van der Waals surface area contributed by atoms with E-state index in [-0.39, 0.29) is 11.3 Å². The fourth-order valence-electron chi connectivity index (χ4n) is 4.11. The Morgan fingerprint density at radius 2 is 1.62 bits per heavy atom. The minimum atomic E-state index is -0.336. The molecule has 136 valence electrons. The summed E-state index contributed by atoms with van der Waals surface area (Å²) in [6, 6.07) is 15.6. The van der Waals surface area contributed by atoms with Gasteiger partial charge in [0, 0.05) is 30.7 Å². The van der Waals surface area contributed by atoms with Crippen molar-refractivity contribution < 1.29 is 9.90 Å². The summed E-state index contributed by atoms with van der Waals surface area (Å²) in [7, 11) is 0. The summed E-state index contributed by atoms with van der Waals surface area (Å²) in [6.45, 7) is 2.90. The third-order valence-corrected chi connectivity index (χ3v) is 6.33. The molecule has 0 unspecified atom stereocenters. The lowest BCUT2D eigenvalue weighted by atomic mass is 9.63. The van der Waals surface area contributed by atoms with Crippen molar-refractivity contribution in [3.05, 3.63) is 58.6 Å². The van der Waals surface area contributed by atoms with Crippen molar-refractivity contribution in [1.82, 2.24) is 4.90 Å². The first-order valence-corrected chi connectivity index (χ1v) is 9.98. The van der Waals surface area contributed by atoms with Crippen molar-refractivity contribution in [3.63, 3.8) is 0 Å². The molecule has 0 atom stereocenters. The molecule has 2 fully saturated rings. The molecule has 2 aromatic rings. The van der Waals surface area contributed by atoms with Crippen LogP contribution in [-0.4, -0.2) is 42.1 Å². The van der Waals surface area contributed by atoms with Gasteiger partial charge in [-0.1, -0.05) is 46.6 Å². The van der Waals surface area contributed by atoms with Crippen LogP contribution in [0, 0.1) is 0 Å². The number of rotatable bonds is 3. The third kappa shape index (κ3) is 2.98. The van der Waals surface area contributed by atoms with Crippen molar-refractivity contribution in [3.8, 4) is 5.75 Å². The normalized spacial score (nSPS) is 19.1. The number of aromatic hydroxyl groups is 1. The Morgan fingerprint density at radius 1 is 0.962 bits per heavy atom. The lowest BCUT2D eigenvalue weighted by Gasteiger charge is -2.46. The van der Waals surface area contributed by atoms with E-state index in [1.807, 2.05) is 35.2 Å². The number of para-hydroxylation sites is 2. The molecule has 0 bridgehead atoms. The van der Waals surface area contributed by atoms with Gasteiger partial charge in [-0.3, -0.25) is 4.79 Å². The van der Waals surface area contributed by atoms with Gasteiger partial charge in [-0.25, -0.2) is 0 Å². The Kier molecular flexibility index (Phi) is 4.65. The second-order valence-corrected chi connectivity index (χ2v) is 8.13. The maximum absolute atomic E-state index is 13.3. The van der Waals surface area contributed by atoms with Gasteiger partial charge in [-0.15, -0.1) is 0 Å². The van der Waals surface area contributed by atoms with Crippen molar-refractivity contribution in [1.29, 1.82) is 0 Å². The van der Waals surface area contributed by atoms with Gasteiger partial charge in [-0.05, 0) is 42.7 Å². The first-order chi connectivity index (χ1) is 12.6. The first kappa shape index (κ1) is 17.4. The number of nitrogens with zero attached hydrogens (tertiary/aromatic N) is 2. The van der Waals surface area contributed by atoms with E-state index < -0.39 is 0 Å². The van der Waals surface area contributed by atoms with Gasteiger partial charge in [0.15, 0.2) is 0 Å². The molecule has 1 amide bonds. The van der Waals surface area contributed by atoms with E-state index in [1.165, 1.54) is 0 Å². The minimum absolute atomic E-state index is 0.267. The number of benzene rings is 2. The number of carbonyl (C=O) groups is 1. The minimum Gasteiger partial charge on any atom is -0.506 e. The highest BCUT2D eigenvalue weighted by Gasteiger charge is 2.47. The Hall–Kier alpha value is -2.01. The van der Waals surface area contributed by atoms with E-state index in [9.17, 15) is 9.90 Å². The van der Waals surface area contributed by atoms with Gasteiger partial charge in [-0.2, -0.15) is 0 Å². The number of phenols is 1. The zero-order valence-corrected chi connectivity index (χ0v) is 16.3. The molecule has 2 aromatic carbocycles. The number of hydrogen-bond donors (Lipinski definition) is 1. The molecule has 1 aliphatic carbocycles. The van der Waals surface area contributed by atoms with Crippen LogP contribution in [0.2, 0.25) is 0 Å². The van der Waals surface area contributed by atoms with Crippen LogP contribution < -0.4 is 4.90 Å². The zero-order valence-electron chi connectivity index (χ0n) is 14.7. The molecule has 1 saturated carbocycles. The summed E-state index contributed by atoms with van der Waals surface area (Å²) in [5, 5.41) is 10.1. The van der Waals surface area contributed by atoms with Crippen LogP contribution in [0.5, 0.6) is 5.75 Å². The van der Waals surface area contributed by atoms with Gasteiger partial charge in [0.2, 0.25) is 5.91 Å². The third-order valence-electron chi connectivity index (χ3n) is 5.80. The predicted molar refractivity (Wildman–Crippen MR) is 107 cm³/mol. The van der Waals surface area contributed by atoms with Crippen LogP contribution in [0.3, 0.4) is 0 Å². The molecule has 1 aliphatic heterocycles. The summed E-state index contributed by atoms with van der Waals surface area (Å²) < 4.78 is 1.04. The summed E-state index contributed by atoms with van der Waals surface area (Å²) >= 11 is 3.48. The molecule has 0 aromatic heterocycles. The standard InChI is InChI=1S/C21H23BrN2O2/c22-17-8-6-16(7-9-17)21(10-3-11-21)20(26)24-14-12-23(13-15-24)18-4-1-2-5-19(18)25/h1-2,4-9,25H,3,10-15H2. The molecule has 2 aliphatic rings. The first-order valence-electron chi connectivity index (χ1n) is 9.18. The van der Waals surface area contributed by atoms with Gasteiger partial charge in [0.05, 0.1) is 11.1 Å². The quantitative estimate of drug-likeness (QED) is 0.827. The topological polar surface area (TPSA) is 43.8 Å². The summed E-state index contributed by atoms with van der Waals surface area (Å²) in [4.78, 5) is 17.5. The highest BCUT2D eigenvalue weighted by molar-refractivity contribution is 9.10. The number of hydrogen-bond acceptors (Lipinski definition) is 3. The summed E-state index contributed by atoms with van der Waals surface area (Å²) in [5.41, 5.74) is 1.66. The average Bonchev–Trinajstić information content (AvgIpc) is 2.63. The summed E-state index contributed by atoms with van der Waals surface area (Å²) in [6.07, 6.45) is 2.99. The zero-order chi connectivity index (χ0) is 18.1. The highest BCUT2D eigenvalue weighted by Crippen LogP contribution is 2.45. The Morgan fingerprint density at radius 3 is 2.19 bits per heavy atom. The van der Waals surface area contributed by atoms with E-state index in [4.69, 9.17) is 0 Å². The van der Waals surface area contributed by atoms with Gasteiger partial charge in [0.1, 0.15) is 5.75 Å². The van der Waals surface area contributed by atoms with Gasteiger partial charge in [0.25, 0.3) is 0 Å².